The molecule has 0 amide bonds. The quantitative estimate of drug-likeness (QED) is 0.737. The van der Waals surface area contributed by atoms with Crippen LogP contribution in [0.4, 0.5) is 0 Å². The van der Waals surface area contributed by atoms with E-state index in [0.29, 0.717) is 6.61 Å². The van der Waals surface area contributed by atoms with Crippen molar-refractivity contribution in [3.8, 4) is 5.75 Å². The van der Waals surface area contributed by atoms with E-state index in [-0.39, 0.29) is 0 Å². The highest BCUT2D eigenvalue weighted by Gasteiger charge is 2.01. The van der Waals surface area contributed by atoms with Gasteiger partial charge in [-0.3, -0.25) is 0 Å². The van der Waals surface area contributed by atoms with Gasteiger partial charge in [0.25, 0.3) is 0 Å². The molecule has 0 aromatic heterocycles. The molecule has 1 aromatic carbocycles. The van der Waals surface area contributed by atoms with Crippen molar-refractivity contribution in [1.82, 2.24) is 0 Å². The van der Waals surface area contributed by atoms with Crippen LogP contribution in [0.3, 0.4) is 0 Å². The van der Waals surface area contributed by atoms with Crippen molar-refractivity contribution in [3.05, 3.63) is 28.8 Å². The third-order valence-electron chi connectivity index (χ3n) is 1.92. The summed E-state index contributed by atoms with van der Waals surface area (Å²) in [6.07, 6.45) is 2.12. The van der Waals surface area contributed by atoms with Crippen LogP contribution in [0, 0.1) is 0 Å². The third kappa shape index (κ3) is 3.50. The van der Waals surface area contributed by atoms with Gasteiger partial charge in [0.2, 0.25) is 0 Å². The largest absolute Gasteiger partial charge is 0.494 e. The van der Waals surface area contributed by atoms with Crippen LogP contribution in [0.25, 0.3) is 0 Å². The van der Waals surface area contributed by atoms with Crippen molar-refractivity contribution in [3.63, 3.8) is 0 Å². The minimum atomic E-state index is 0.678. The molecule has 0 saturated heterocycles. The summed E-state index contributed by atoms with van der Waals surface area (Å²) in [6, 6.07) is 5.89. The molecule has 78 valence electrons. The van der Waals surface area contributed by atoms with Gasteiger partial charge in [-0.15, -0.1) is 0 Å². The Balaban J connectivity index is 2.68. The summed E-state index contributed by atoms with van der Waals surface area (Å²) in [5.74, 6) is 0.847. The molecule has 1 rings (SSSR count). The standard InChI is InChI=1S/C11H14BrClO/c1-2-14-10-6-5-9(4-3-7-12)11(13)8-10/h5-6,8H,2-4,7H2,1H3. The van der Waals surface area contributed by atoms with Gasteiger partial charge in [0.05, 0.1) is 6.61 Å². The Morgan fingerprint density at radius 2 is 2.21 bits per heavy atom. The van der Waals surface area contributed by atoms with Gasteiger partial charge in [-0.2, -0.15) is 0 Å². The van der Waals surface area contributed by atoms with E-state index in [1.807, 2.05) is 25.1 Å². The van der Waals surface area contributed by atoms with Crippen molar-refractivity contribution in [1.29, 1.82) is 0 Å². The highest BCUT2D eigenvalue weighted by Crippen LogP contribution is 2.23. The van der Waals surface area contributed by atoms with Crippen molar-refractivity contribution >= 4 is 27.5 Å². The first-order valence-corrected chi connectivity index (χ1v) is 6.25. The summed E-state index contributed by atoms with van der Waals surface area (Å²) < 4.78 is 5.35. The Hall–Kier alpha value is -0.210. The second-order valence-electron chi connectivity index (χ2n) is 2.98. The molecule has 0 bridgehead atoms. The van der Waals surface area contributed by atoms with Crippen LogP contribution < -0.4 is 4.74 Å². The van der Waals surface area contributed by atoms with Gasteiger partial charge in [-0.05, 0) is 37.5 Å². The molecule has 0 aliphatic carbocycles. The van der Waals surface area contributed by atoms with Gasteiger partial charge >= 0.3 is 0 Å². The smallest absolute Gasteiger partial charge is 0.120 e. The number of benzene rings is 1. The maximum absolute atomic E-state index is 6.11. The van der Waals surface area contributed by atoms with Crippen LogP contribution in [0.15, 0.2) is 18.2 Å². The second-order valence-corrected chi connectivity index (χ2v) is 4.18. The van der Waals surface area contributed by atoms with E-state index in [9.17, 15) is 0 Å². The lowest BCUT2D eigenvalue weighted by atomic mass is 10.1. The Labute approximate surface area is 98.5 Å². The van der Waals surface area contributed by atoms with E-state index < -0.39 is 0 Å². The SMILES string of the molecule is CCOc1ccc(CCCBr)c(Cl)c1. The molecule has 0 atom stereocenters. The number of hydrogen-bond acceptors (Lipinski definition) is 1. The summed E-state index contributed by atoms with van der Waals surface area (Å²) in [6.45, 7) is 2.64. The Morgan fingerprint density at radius 1 is 1.43 bits per heavy atom. The predicted octanol–water partition coefficient (Wildman–Crippen LogP) is 4.07. The normalized spacial score (nSPS) is 10.2. The summed E-state index contributed by atoms with van der Waals surface area (Å²) in [5, 5.41) is 1.81. The summed E-state index contributed by atoms with van der Waals surface area (Å²) in [7, 11) is 0. The molecule has 0 aliphatic heterocycles. The van der Waals surface area contributed by atoms with Crippen LogP contribution in [0.1, 0.15) is 18.9 Å². The molecule has 3 heteroatoms. The average molecular weight is 278 g/mol. The van der Waals surface area contributed by atoms with E-state index in [1.54, 1.807) is 0 Å². The molecule has 0 unspecified atom stereocenters. The van der Waals surface area contributed by atoms with Gasteiger partial charge < -0.3 is 4.74 Å². The fourth-order valence-corrected chi connectivity index (χ4v) is 1.79. The minimum absolute atomic E-state index is 0.678. The van der Waals surface area contributed by atoms with E-state index >= 15 is 0 Å². The molecule has 0 heterocycles. The highest BCUT2D eigenvalue weighted by atomic mass is 79.9. The maximum atomic E-state index is 6.11. The first-order chi connectivity index (χ1) is 6.77. The second kappa shape index (κ2) is 6.31. The van der Waals surface area contributed by atoms with Gasteiger partial charge in [-0.1, -0.05) is 33.6 Å². The van der Waals surface area contributed by atoms with Crippen molar-refractivity contribution in [2.45, 2.75) is 19.8 Å². The fraction of sp³-hybridized carbons (Fsp3) is 0.455. The van der Waals surface area contributed by atoms with Crippen molar-refractivity contribution < 1.29 is 4.74 Å². The van der Waals surface area contributed by atoms with Crippen LogP contribution in [0.2, 0.25) is 5.02 Å². The van der Waals surface area contributed by atoms with E-state index in [0.717, 1.165) is 28.9 Å². The summed E-state index contributed by atoms with van der Waals surface area (Å²) in [4.78, 5) is 0. The first-order valence-electron chi connectivity index (χ1n) is 4.75. The average Bonchev–Trinajstić information content (AvgIpc) is 2.17. The summed E-state index contributed by atoms with van der Waals surface area (Å²) in [5.41, 5.74) is 1.19. The van der Waals surface area contributed by atoms with Gasteiger partial charge in [0, 0.05) is 10.4 Å². The molecule has 0 aliphatic rings. The molecule has 0 saturated carbocycles. The van der Waals surface area contributed by atoms with E-state index in [1.165, 1.54) is 5.56 Å². The molecule has 0 N–H and O–H groups in total. The number of alkyl halides is 1. The molecular formula is C11H14BrClO. The van der Waals surface area contributed by atoms with Gasteiger partial charge in [-0.25, -0.2) is 0 Å². The Morgan fingerprint density at radius 3 is 2.79 bits per heavy atom. The lowest BCUT2D eigenvalue weighted by Crippen LogP contribution is -1.93. The number of hydrogen-bond donors (Lipinski definition) is 0. The molecule has 0 spiro atoms. The monoisotopic (exact) mass is 276 g/mol. The van der Waals surface area contributed by atoms with Crippen LogP contribution in [-0.2, 0) is 6.42 Å². The zero-order chi connectivity index (χ0) is 10.4. The van der Waals surface area contributed by atoms with Crippen LogP contribution >= 0.6 is 27.5 Å². The lowest BCUT2D eigenvalue weighted by Gasteiger charge is -2.06. The number of aryl methyl sites for hydroxylation is 1. The third-order valence-corrected chi connectivity index (χ3v) is 2.83. The van der Waals surface area contributed by atoms with E-state index in [4.69, 9.17) is 16.3 Å². The Kier molecular flexibility index (Phi) is 5.34. The number of halogens is 2. The van der Waals surface area contributed by atoms with Crippen LogP contribution in [-0.4, -0.2) is 11.9 Å². The highest BCUT2D eigenvalue weighted by molar-refractivity contribution is 9.09. The van der Waals surface area contributed by atoms with Crippen molar-refractivity contribution in [2.75, 3.05) is 11.9 Å². The first kappa shape index (κ1) is 11.9. The molecule has 1 aromatic rings. The predicted molar refractivity (Wildman–Crippen MR) is 64.7 cm³/mol. The van der Waals surface area contributed by atoms with Gasteiger partial charge in [0.1, 0.15) is 5.75 Å². The lowest BCUT2D eigenvalue weighted by molar-refractivity contribution is 0.340. The minimum Gasteiger partial charge on any atom is -0.494 e. The van der Waals surface area contributed by atoms with Crippen molar-refractivity contribution in [2.24, 2.45) is 0 Å². The molecule has 0 radical (unpaired) electrons. The van der Waals surface area contributed by atoms with Gasteiger partial charge in [0.15, 0.2) is 0 Å². The number of rotatable bonds is 5. The van der Waals surface area contributed by atoms with Crippen LogP contribution in [0.5, 0.6) is 5.75 Å². The molecule has 14 heavy (non-hydrogen) atoms. The topological polar surface area (TPSA) is 9.23 Å². The zero-order valence-corrected chi connectivity index (χ0v) is 10.6. The molecular weight excluding hydrogens is 263 g/mol. The molecule has 0 fully saturated rings. The van der Waals surface area contributed by atoms with E-state index in [2.05, 4.69) is 15.9 Å². The number of ether oxygens (including phenoxy) is 1. The Bertz CT molecular complexity index is 289. The summed E-state index contributed by atoms with van der Waals surface area (Å²) >= 11 is 9.51. The zero-order valence-electron chi connectivity index (χ0n) is 8.22. The fourth-order valence-electron chi connectivity index (χ4n) is 1.24. The molecule has 1 nitrogen and oxygen atoms in total. The maximum Gasteiger partial charge on any atom is 0.120 e.